The molecule has 1 aliphatic heterocycles. The second-order valence-electron chi connectivity index (χ2n) is 6.88. The van der Waals surface area contributed by atoms with Gasteiger partial charge in [-0.05, 0) is 72.0 Å². The van der Waals surface area contributed by atoms with Crippen LogP contribution in [-0.4, -0.2) is 41.1 Å². The Hall–Kier alpha value is -1.56. The molecule has 3 aromatic rings. The molecule has 1 saturated heterocycles. The Balaban J connectivity index is 0.00000210. The monoisotopic (exact) mass is 449 g/mol. The van der Waals surface area contributed by atoms with Crippen LogP contribution in [0.3, 0.4) is 0 Å². The number of aromatic nitrogens is 2. The maximum atomic E-state index is 5.92. The fourth-order valence-corrected chi connectivity index (χ4v) is 3.94. The second kappa shape index (κ2) is 9.58. The fraction of sp³-hybridized carbons (Fsp3) is 0.381. The molecular weight excluding hydrogens is 426 g/mol. The Kier molecular flexibility index (Phi) is 7.16. The van der Waals surface area contributed by atoms with Crippen molar-refractivity contribution in [1.82, 2.24) is 14.9 Å². The molecule has 0 atom stereocenters. The average molecular weight is 451 g/mol. The zero-order valence-corrected chi connectivity index (χ0v) is 17.7. The highest BCUT2D eigenvalue weighted by Gasteiger charge is 2.10. The van der Waals surface area contributed by atoms with Crippen LogP contribution < -0.4 is 4.74 Å². The van der Waals surface area contributed by atoms with Gasteiger partial charge >= 0.3 is 0 Å². The van der Waals surface area contributed by atoms with E-state index in [0.29, 0.717) is 0 Å². The second-order valence-corrected chi connectivity index (χ2v) is 7.80. The summed E-state index contributed by atoms with van der Waals surface area (Å²) in [6, 6.07) is 10.4. The van der Waals surface area contributed by atoms with E-state index in [1.165, 1.54) is 32.4 Å². The Morgan fingerprint density at radius 1 is 1.11 bits per heavy atom. The molecule has 0 saturated carbocycles. The SMILES string of the molecule is Brc1cnc2[nH]cc(-c3ccc(OCCCN4CCCCC4)cc3)c2c1.Cl. The van der Waals surface area contributed by atoms with Gasteiger partial charge in [0, 0.05) is 34.4 Å². The number of nitrogens with zero attached hydrogens (tertiary/aromatic N) is 2. The van der Waals surface area contributed by atoms with Crippen LogP contribution >= 0.6 is 28.3 Å². The smallest absolute Gasteiger partial charge is 0.137 e. The van der Waals surface area contributed by atoms with Gasteiger partial charge in [0.1, 0.15) is 11.4 Å². The van der Waals surface area contributed by atoms with E-state index < -0.39 is 0 Å². The number of halogens is 2. The minimum Gasteiger partial charge on any atom is -0.494 e. The summed E-state index contributed by atoms with van der Waals surface area (Å²) in [6.45, 7) is 4.43. The normalized spacial score (nSPS) is 14.9. The fourth-order valence-electron chi connectivity index (χ4n) is 3.61. The summed E-state index contributed by atoms with van der Waals surface area (Å²) in [5.41, 5.74) is 3.23. The van der Waals surface area contributed by atoms with Crippen molar-refractivity contribution in [3.05, 3.63) is 47.2 Å². The molecule has 0 radical (unpaired) electrons. The van der Waals surface area contributed by atoms with E-state index in [0.717, 1.165) is 52.0 Å². The van der Waals surface area contributed by atoms with Crippen LogP contribution in [0, 0.1) is 0 Å². The van der Waals surface area contributed by atoms with Gasteiger partial charge in [-0.15, -0.1) is 12.4 Å². The number of benzene rings is 1. The lowest BCUT2D eigenvalue weighted by Crippen LogP contribution is -2.31. The lowest BCUT2D eigenvalue weighted by Gasteiger charge is -2.26. The maximum absolute atomic E-state index is 5.92. The molecule has 27 heavy (non-hydrogen) atoms. The molecule has 4 rings (SSSR count). The Morgan fingerprint density at radius 3 is 2.67 bits per heavy atom. The molecule has 3 heterocycles. The largest absolute Gasteiger partial charge is 0.494 e. The summed E-state index contributed by atoms with van der Waals surface area (Å²) in [5, 5.41) is 1.12. The Morgan fingerprint density at radius 2 is 1.89 bits per heavy atom. The third-order valence-electron chi connectivity index (χ3n) is 5.00. The van der Waals surface area contributed by atoms with Crippen molar-refractivity contribution in [2.45, 2.75) is 25.7 Å². The summed E-state index contributed by atoms with van der Waals surface area (Å²) in [4.78, 5) is 10.2. The van der Waals surface area contributed by atoms with E-state index >= 15 is 0 Å². The molecule has 144 valence electrons. The predicted octanol–water partition coefficient (Wildman–Crippen LogP) is 5.67. The van der Waals surface area contributed by atoms with Crippen LogP contribution in [0.15, 0.2) is 47.2 Å². The van der Waals surface area contributed by atoms with E-state index in [4.69, 9.17) is 4.74 Å². The van der Waals surface area contributed by atoms with E-state index in [-0.39, 0.29) is 12.4 Å². The molecule has 4 nitrogen and oxygen atoms in total. The van der Waals surface area contributed by atoms with Crippen molar-refractivity contribution in [2.24, 2.45) is 0 Å². The number of piperidine rings is 1. The van der Waals surface area contributed by atoms with Crippen molar-refractivity contribution in [2.75, 3.05) is 26.2 Å². The van der Waals surface area contributed by atoms with Gasteiger partial charge in [0.05, 0.1) is 6.61 Å². The van der Waals surface area contributed by atoms with Gasteiger partial charge in [-0.25, -0.2) is 4.98 Å². The van der Waals surface area contributed by atoms with E-state index in [1.54, 1.807) is 0 Å². The molecule has 1 N–H and O–H groups in total. The van der Waals surface area contributed by atoms with Crippen LogP contribution in [-0.2, 0) is 0 Å². The number of likely N-dealkylation sites (tertiary alicyclic amines) is 1. The number of aromatic amines is 1. The zero-order valence-electron chi connectivity index (χ0n) is 15.3. The number of rotatable bonds is 6. The van der Waals surface area contributed by atoms with Gasteiger partial charge in [-0.1, -0.05) is 18.6 Å². The Bertz CT molecular complexity index is 859. The number of pyridine rings is 1. The number of ether oxygens (including phenoxy) is 1. The topological polar surface area (TPSA) is 41.1 Å². The summed E-state index contributed by atoms with van der Waals surface area (Å²) < 4.78 is 6.91. The van der Waals surface area contributed by atoms with Gasteiger partial charge in [-0.2, -0.15) is 0 Å². The molecule has 0 unspecified atom stereocenters. The summed E-state index contributed by atoms with van der Waals surface area (Å²) in [7, 11) is 0. The van der Waals surface area contributed by atoms with Gasteiger partial charge in [0.25, 0.3) is 0 Å². The predicted molar refractivity (Wildman–Crippen MR) is 117 cm³/mol. The first-order valence-corrected chi connectivity index (χ1v) is 10.2. The lowest BCUT2D eigenvalue weighted by molar-refractivity contribution is 0.205. The minimum atomic E-state index is 0. The number of hydrogen-bond donors (Lipinski definition) is 1. The van der Waals surface area contributed by atoms with Crippen LogP contribution in [0.1, 0.15) is 25.7 Å². The molecule has 1 fully saturated rings. The van der Waals surface area contributed by atoms with Crippen molar-refractivity contribution in [3.63, 3.8) is 0 Å². The van der Waals surface area contributed by atoms with Crippen molar-refractivity contribution in [1.29, 1.82) is 0 Å². The quantitative estimate of drug-likeness (QED) is 0.492. The zero-order chi connectivity index (χ0) is 17.8. The molecule has 0 bridgehead atoms. The lowest BCUT2D eigenvalue weighted by atomic mass is 10.1. The Labute approximate surface area is 174 Å². The van der Waals surface area contributed by atoms with Gasteiger partial charge < -0.3 is 14.6 Å². The molecule has 0 amide bonds. The molecular formula is C21H25BrClN3O. The van der Waals surface area contributed by atoms with Crippen LogP contribution in [0.4, 0.5) is 0 Å². The number of hydrogen-bond acceptors (Lipinski definition) is 3. The molecule has 1 aliphatic rings. The third kappa shape index (κ3) is 5.03. The highest BCUT2D eigenvalue weighted by molar-refractivity contribution is 9.10. The van der Waals surface area contributed by atoms with E-state index in [1.807, 2.05) is 12.4 Å². The number of fused-ring (bicyclic) bond motifs is 1. The summed E-state index contributed by atoms with van der Waals surface area (Å²) in [5.74, 6) is 0.937. The summed E-state index contributed by atoms with van der Waals surface area (Å²) in [6.07, 6.45) is 9.00. The van der Waals surface area contributed by atoms with Gasteiger partial charge in [-0.3, -0.25) is 0 Å². The maximum Gasteiger partial charge on any atom is 0.137 e. The van der Waals surface area contributed by atoms with Crippen molar-refractivity contribution >= 4 is 39.4 Å². The molecule has 1 aromatic carbocycles. The minimum absolute atomic E-state index is 0. The standard InChI is InChI=1S/C21H24BrN3O.ClH/c22-17-13-19-20(15-24-21(19)23-14-17)16-5-7-18(8-6-16)26-12-4-11-25-9-2-1-3-10-25;/h5-8,13-15H,1-4,9-12H2,(H,23,24);1H. The van der Waals surface area contributed by atoms with Gasteiger partial charge in [0.2, 0.25) is 0 Å². The molecule has 0 spiro atoms. The van der Waals surface area contributed by atoms with E-state index in [2.05, 4.69) is 61.1 Å². The number of H-pyrrole nitrogens is 1. The molecule has 2 aromatic heterocycles. The molecule has 6 heteroatoms. The first-order chi connectivity index (χ1) is 12.8. The average Bonchev–Trinajstić information content (AvgIpc) is 3.09. The first-order valence-electron chi connectivity index (χ1n) is 9.38. The van der Waals surface area contributed by atoms with Crippen molar-refractivity contribution < 1.29 is 4.74 Å². The van der Waals surface area contributed by atoms with Crippen LogP contribution in [0.25, 0.3) is 22.2 Å². The van der Waals surface area contributed by atoms with E-state index in [9.17, 15) is 0 Å². The highest BCUT2D eigenvalue weighted by Crippen LogP contribution is 2.30. The highest BCUT2D eigenvalue weighted by atomic mass is 79.9. The summed E-state index contributed by atoms with van der Waals surface area (Å²) >= 11 is 3.50. The molecule has 0 aliphatic carbocycles. The third-order valence-corrected chi connectivity index (χ3v) is 5.43. The van der Waals surface area contributed by atoms with Crippen LogP contribution in [0.2, 0.25) is 0 Å². The first kappa shape index (κ1) is 20.2. The van der Waals surface area contributed by atoms with Crippen LogP contribution in [0.5, 0.6) is 5.75 Å². The van der Waals surface area contributed by atoms with Gasteiger partial charge in [0.15, 0.2) is 0 Å². The number of nitrogens with one attached hydrogen (secondary N) is 1. The van der Waals surface area contributed by atoms with Crippen molar-refractivity contribution in [3.8, 4) is 16.9 Å².